The number of rotatable bonds is 4. The Bertz CT molecular complexity index is 1510. The maximum atomic E-state index is 14.8. The predicted molar refractivity (Wildman–Crippen MR) is 139 cm³/mol. The van der Waals surface area contributed by atoms with Gasteiger partial charge < -0.3 is 9.80 Å². The van der Waals surface area contributed by atoms with Crippen molar-refractivity contribution >= 4 is 17.1 Å². The summed E-state index contributed by atoms with van der Waals surface area (Å²) in [7, 11) is 3.73. The van der Waals surface area contributed by atoms with Crippen molar-refractivity contribution in [2.75, 3.05) is 32.1 Å². The van der Waals surface area contributed by atoms with Crippen molar-refractivity contribution in [3.63, 3.8) is 0 Å². The molecule has 3 saturated carbocycles. The van der Waals surface area contributed by atoms with E-state index in [2.05, 4.69) is 39.5 Å². The second-order valence-electron chi connectivity index (χ2n) is 12.5. The Labute approximate surface area is 221 Å². The van der Waals surface area contributed by atoms with Gasteiger partial charge in [-0.1, -0.05) is 0 Å². The molecule has 2 atom stereocenters. The van der Waals surface area contributed by atoms with Crippen LogP contribution >= 0.6 is 0 Å². The summed E-state index contributed by atoms with van der Waals surface area (Å²) in [5.41, 5.74) is 5.29. The lowest BCUT2D eigenvalue weighted by Gasteiger charge is -2.71. The molecule has 0 N–H and O–H groups in total. The molecule has 3 aliphatic carbocycles. The summed E-state index contributed by atoms with van der Waals surface area (Å²) in [6, 6.07) is 6.17. The molecule has 5 aliphatic rings. The number of anilines is 1. The highest BCUT2D eigenvalue weighted by atomic mass is 19.1. The first-order chi connectivity index (χ1) is 18.1. The first-order valence-corrected chi connectivity index (χ1v) is 13.5. The number of hydrogen-bond donors (Lipinski definition) is 0. The van der Waals surface area contributed by atoms with E-state index in [1.54, 1.807) is 11.0 Å². The summed E-state index contributed by atoms with van der Waals surface area (Å²) in [6.07, 6.45) is 5.17. The highest BCUT2D eigenvalue weighted by molar-refractivity contribution is 5.86. The molecular weight excluding hydrogens is 483 g/mol. The molecule has 0 aromatic carbocycles. The normalized spacial score (nSPS) is 29.7. The highest BCUT2D eigenvalue weighted by Crippen LogP contribution is 2.74. The van der Waals surface area contributed by atoms with Crippen molar-refractivity contribution in [3.8, 4) is 6.07 Å². The second-order valence-corrected chi connectivity index (χ2v) is 12.5. The fourth-order valence-corrected chi connectivity index (χ4v) is 7.95. The number of carbonyl (C=O) groups is 1. The third kappa shape index (κ3) is 3.14. The Morgan fingerprint density at radius 1 is 1.21 bits per heavy atom. The van der Waals surface area contributed by atoms with Gasteiger partial charge in [0.1, 0.15) is 17.3 Å². The number of pyridine rings is 1. The van der Waals surface area contributed by atoms with Crippen molar-refractivity contribution in [3.05, 3.63) is 46.8 Å². The summed E-state index contributed by atoms with van der Waals surface area (Å²) in [5, 5.41) is 18.6. The minimum absolute atomic E-state index is 0.0913. The Morgan fingerprint density at radius 2 is 1.97 bits per heavy atom. The number of amides is 1. The monoisotopic (exact) mass is 516 g/mol. The molecule has 2 aliphatic heterocycles. The fraction of sp³-hybridized carbons (Fsp3) is 0.571. The van der Waals surface area contributed by atoms with Crippen LogP contribution in [0, 0.1) is 28.0 Å². The molecule has 1 amide bonds. The van der Waals surface area contributed by atoms with Crippen LogP contribution in [0.1, 0.15) is 61.8 Å². The second kappa shape index (κ2) is 7.79. The third-order valence-corrected chi connectivity index (χ3v) is 9.51. The van der Waals surface area contributed by atoms with Gasteiger partial charge >= 0.3 is 0 Å². The van der Waals surface area contributed by atoms with E-state index in [1.165, 1.54) is 22.0 Å². The molecule has 198 valence electrons. The quantitative estimate of drug-likeness (QED) is 0.530. The summed E-state index contributed by atoms with van der Waals surface area (Å²) in [5.74, 6) is -0.123. The molecule has 2 bridgehead atoms. The van der Waals surface area contributed by atoms with Crippen LogP contribution in [0.3, 0.4) is 0 Å². The molecular formula is C28H33FN8O. The van der Waals surface area contributed by atoms with E-state index in [1.807, 2.05) is 20.2 Å². The number of carbonyl (C=O) groups excluding carboxylic acids is 1. The van der Waals surface area contributed by atoms with Crippen LogP contribution in [0.25, 0.3) is 5.52 Å². The van der Waals surface area contributed by atoms with Gasteiger partial charge in [-0.3, -0.25) is 14.4 Å². The van der Waals surface area contributed by atoms with Crippen LogP contribution in [-0.2, 0) is 24.3 Å². The molecule has 3 aromatic heterocycles. The van der Waals surface area contributed by atoms with Crippen LogP contribution in [-0.4, -0.2) is 68.3 Å². The summed E-state index contributed by atoms with van der Waals surface area (Å²) >= 11 is 0. The van der Waals surface area contributed by atoms with E-state index in [0.29, 0.717) is 36.2 Å². The fourth-order valence-electron chi connectivity index (χ4n) is 7.95. The van der Waals surface area contributed by atoms with Gasteiger partial charge in [-0.2, -0.15) is 15.5 Å². The van der Waals surface area contributed by atoms with E-state index in [4.69, 9.17) is 5.10 Å². The van der Waals surface area contributed by atoms with E-state index in [9.17, 15) is 14.4 Å². The molecule has 8 rings (SSSR count). The minimum Gasteiger partial charge on any atom is -0.362 e. The van der Waals surface area contributed by atoms with Crippen molar-refractivity contribution in [2.45, 2.75) is 64.7 Å². The number of aromatic nitrogens is 4. The average molecular weight is 517 g/mol. The first-order valence-electron chi connectivity index (χ1n) is 13.5. The Balaban J connectivity index is 1.13. The van der Waals surface area contributed by atoms with Crippen LogP contribution in [0.5, 0.6) is 0 Å². The Hall–Kier alpha value is -3.45. The van der Waals surface area contributed by atoms with Gasteiger partial charge in [0.15, 0.2) is 5.82 Å². The summed E-state index contributed by atoms with van der Waals surface area (Å²) in [4.78, 5) is 19.1. The third-order valence-electron chi connectivity index (χ3n) is 9.51. The summed E-state index contributed by atoms with van der Waals surface area (Å²) in [6.45, 7) is 7.66. The lowest BCUT2D eigenvalue weighted by Crippen LogP contribution is -2.70. The van der Waals surface area contributed by atoms with Gasteiger partial charge in [-0.15, -0.1) is 0 Å². The number of halogens is 1. The molecule has 10 heteroatoms. The molecule has 0 unspecified atom stereocenters. The molecule has 0 saturated heterocycles. The smallest absolute Gasteiger partial charge is 0.228 e. The maximum absolute atomic E-state index is 14.8. The van der Waals surface area contributed by atoms with E-state index in [-0.39, 0.29) is 16.9 Å². The molecule has 0 radical (unpaired) electrons. The van der Waals surface area contributed by atoms with Crippen LogP contribution < -0.4 is 4.90 Å². The van der Waals surface area contributed by atoms with E-state index < -0.39 is 5.82 Å². The standard InChI is InChI=1S/C28H33FN8O/c1-17-7-20-22(11-35(17)16-27-13-28(14-27,15-27)26(38)33(3)4)32-36-18(2)10-34(12-24(20)36)23-6-5-19(8-30)37-25(23)21(29)9-31-37/h5-6,9,17-18H,7,10-16H2,1-4H3/t17-,18+,27?,28?/m0/s1. The average Bonchev–Trinajstić information content (AvgIpc) is 3.40. The van der Waals surface area contributed by atoms with Gasteiger partial charge in [0.25, 0.3) is 0 Å². The number of nitriles is 1. The van der Waals surface area contributed by atoms with Crippen molar-refractivity contribution in [1.82, 2.24) is 29.2 Å². The van der Waals surface area contributed by atoms with Crippen LogP contribution in [0.15, 0.2) is 18.3 Å². The molecule has 5 heterocycles. The lowest BCUT2D eigenvalue weighted by molar-refractivity contribution is -0.222. The molecule has 3 fully saturated rings. The maximum Gasteiger partial charge on any atom is 0.228 e. The minimum atomic E-state index is -0.419. The van der Waals surface area contributed by atoms with E-state index >= 15 is 0 Å². The SMILES string of the molecule is C[C@@H]1CN(c2ccc(C#N)n3ncc(F)c23)Cc2c3c(nn21)CN(CC12CC(C(=O)N(C)C)(C1)C2)[C@@H](C)C3. The summed E-state index contributed by atoms with van der Waals surface area (Å²) < 4.78 is 18.4. The molecule has 9 nitrogen and oxygen atoms in total. The van der Waals surface area contributed by atoms with E-state index in [0.717, 1.165) is 50.2 Å². The zero-order valence-corrected chi connectivity index (χ0v) is 22.4. The molecule has 0 spiro atoms. The van der Waals surface area contributed by atoms with Crippen LogP contribution in [0.2, 0.25) is 0 Å². The Kier molecular flexibility index (Phi) is 4.85. The molecule has 3 aromatic rings. The molecule has 38 heavy (non-hydrogen) atoms. The van der Waals surface area contributed by atoms with Gasteiger partial charge in [-0.25, -0.2) is 8.91 Å². The van der Waals surface area contributed by atoms with Crippen molar-refractivity contribution in [2.24, 2.45) is 10.8 Å². The topological polar surface area (TPSA) is 85.7 Å². The number of hydrogen-bond acceptors (Lipinski definition) is 6. The Morgan fingerprint density at radius 3 is 2.68 bits per heavy atom. The predicted octanol–water partition coefficient (Wildman–Crippen LogP) is 3.13. The lowest BCUT2D eigenvalue weighted by atomic mass is 9.34. The van der Waals surface area contributed by atoms with Gasteiger partial charge in [-0.05, 0) is 57.1 Å². The number of fused-ring (bicyclic) bond motifs is 4. The van der Waals surface area contributed by atoms with Crippen molar-refractivity contribution < 1.29 is 9.18 Å². The zero-order chi connectivity index (χ0) is 26.6. The van der Waals surface area contributed by atoms with Crippen molar-refractivity contribution in [1.29, 1.82) is 5.26 Å². The number of nitrogens with zero attached hydrogens (tertiary/aromatic N) is 8. The highest BCUT2D eigenvalue weighted by Gasteiger charge is 2.71. The van der Waals surface area contributed by atoms with Gasteiger partial charge in [0.2, 0.25) is 5.91 Å². The van der Waals surface area contributed by atoms with Crippen LogP contribution in [0.4, 0.5) is 10.1 Å². The van der Waals surface area contributed by atoms with Gasteiger partial charge in [0.05, 0.1) is 41.3 Å². The zero-order valence-electron chi connectivity index (χ0n) is 22.4. The first kappa shape index (κ1) is 23.7. The largest absolute Gasteiger partial charge is 0.362 e. The van der Waals surface area contributed by atoms with Gasteiger partial charge in [0, 0.05) is 45.3 Å².